The van der Waals surface area contributed by atoms with E-state index >= 15 is 0 Å². The number of nitrogens with zero attached hydrogens (tertiary/aromatic N) is 2. The molecule has 1 aromatic carbocycles. The van der Waals surface area contributed by atoms with Crippen LogP contribution in [0.2, 0.25) is 0 Å². The third-order valence-electron chi connectivity index (χ3n) is 3.95. The summed E-state index contributed by atoms with van der Waals surface area (Å²) in [6.07, 6.45) is -3.97. The monoisotopic (exact) mass is 371 g/mol. The zero-order chi connectivity index (χ0) is 19.3. The van der Waals surface area contributed by atoms with E-state index in [-0.39, 0.29) is 18.9 Å². The van der Waals surface area contributed by atoms with E-state index < -0.39 is 36.5 Å². The predicted octanol–water partition coefficient (Wildman–Crippen LogP) is 1.98. The van der Waals surface area contributed by atoms with Gasteiger partial charge in [-0.3, -0.25) is 4.79 Å². The molecule has 1 amide bonds. The number of aryl methyl sites for hydroxylation is 1. The van der Waals surface area contributed by atoms with Crippen LogP contribution >= 0.6 is 0 Å². The van der Waals surface area contributed by atoms with Gasteiger partial charge in [0, 0.05) is 19.2 Å². The smallest absolute Gasteiger partial charge is 0.396 e. The van der Waals surface area contributed by atoms with Crippen molar-refractivity contribution >= 4 is 5.91 Å². The van der Waals surface area contributed by atoms with E-state index in [1.54, 1.807) is 30.3 Å². The highest BCUT2D eigenvalue weighted by Crippen LogP contribution is 2.30. The number of hydrogen-bond donors (Lipinski definition) is 3. The standard InChI is InChI=1S/C17H20F3N3O3/c1-11-21-15(17(18,19)20)9-23(11)14(7-8-24)16(26)22-13(10-25)12-5-3-2-4-6-12/h2-6,9,13-14,24-25H,7-8,10H2,1H3,(H,22,26)/t13-,14+/m1/s1. The third-order valence-corrected chi connectivity index (χ3v) is 3.95. The number of imidazole rings is 1. The summed E-state index contributed by atoms with van der Waals surface area (Å²) in [5.74, 6) is -0.609. The molecular weight excluding hydrogens is 351 g/mol. The van der Waals surface area contributed by atoms with Crippen LogP contribution in [0.1, 0.15) is 35.6 Å². The summed E-state index contributed by atoms with van der Waals surface area (Å²) >= 11 is 0. The molecule has 3 N–H and O–H groups in total. The van der Waals surface area contributed by atoms with E-state index in [1.165, 1.54) is 6.92 Å². The van der Waals surface area contributed by atoms with Gasteiger partial charge < -0.3 is 20.1 Å². The van der Waals surface area contributed by atoms with Crippen molar-refractivity contribution in [2.45, 2.75) is 31.6 Å². The summed E-state index contributed by atoms with van der Waals surface area (Å²) in [7, 11) is 0. The summed E-state index contributed by atoms with van der Waals surface area (Å²) in [5.41, 5.74) is -0.447. The van der Waals surface area contributed by atoms with Crippen molar-refractivity contribution in [1.82, 2.24) is 14.9 Å². The highest BCUT2D eigenvalue weighted by Gasteiger charge is 2.36. The van der Waals surface area contributed by atoms with Gasteiger partial charge in [-0.05, 0) is 12.5 Å². The van der Waals surface area contributed by atoms with Crippen LogP contribution in [0.15, 0.2) is 36.5 Å². The van der Waals surface area contributed by atoms with Crippen LogP contribution in [0.25, 0.3) is 0 Å². The van der Waals surface area contributed by atoms with Crippen LogP contribution < -0.4 is 5.32 Å². The average Bonchev–Trinajstić information content (AvgIpc) is 3.00. The molecule has 2 aromatic rings. The Morgan fingerprint density at radius 1 is 1.27 bits per heavy atom. The lowest BCUT2D eigenvalue weighted by molar-refractivity contribution is -0.141. The summed E-state index contributed by atoms with van der Waals surface area (Å²) in [4.78, 5) is 16.1. The number of alkyl halides is 3. The van der Waals surface area contributed by atoms with Gasteiger partial charge in [0.05, 0.1) is 12.6 Å². The molecule has 0 aliphatic heterocycles. The average molecular weight is 371 g/mol. The normalized spacial score (nSPS) is 14.1. The molecule has 0 aliphatic carbocycles. The molecule has 0 radical (unpaired) electrons. The van der Waals surface area contributed by atoms with Crippen molar-refractivity contribution in [3.63, 3.8) is 0 Å². The molecule has 26 heavy (non-hydrogen) atoms. The molecular formula is C17H20F3N3O3. The number of amides is 1. The molecule has 0 saturated carbocycles. The Kier molecular flexibility index (Phi) is 6.38. The SMILES string of the molecule is Cc1nc(C(F)(F)F)cn1[C@@H](CCO)C(=O)N[C@H](CO)c1ccccc1. The van der Waals surface area contributed by atoms with Crippen LogP contribution in [-0.2, 0) is 11.0 Å². The lowest BCUT2D eigenvalue weighted by Crippen LogP contribution is -2.37. The van der Waals surface area contributed by atoms with Gasteiger partial charge in [-0.15, -0.1) is 0 Å². The second-order valence-corrected chi connectivity index (χ2v) is 5.76. The van der Waals surface area contributed by atoms with E-state index in [1.807, 2.05) is 0 Å². The number of nitrogens with one attached hydrogen (secondary N) is 1. The van der Waals surface area contributed by atoms with Gasteiger partial charge in [-0.25, -0.2) is 4.98 Å². The number of benzene rings is 1. The molecule has 2 rings (SSSR count). The van der Waals surface area contributed by atoms with E-state index in [9.17, 15) is 28.2 Å². The van der Waals surface area contributed by atoms with Gasteiger partial charge in [0.15, 0.2) is 5.69 Å². The number of carbonyl (C=O) groups excluding carboxylic acids is 1. The molecule has 142 valence electrons. The van der Waals surface area contributed by atoms with E-state index in [2.05, 4.69) is 10.3 Å². The number of rotatable bonds is 7. The Labute approximate surface area is 148 Å². The van der Waals surface area contributed by atoms with Gasteiger partial charge in [0.1, 0.15) is 11.9 Å². The highest BCUT2D eigenvalue weighted by molar-refractivity contribution is 5.81. The summed E-state index contributed by atoms with van der Waals surface area (Å²) in [5, 5.41) is 21.4. The van der Waals surface area contributed by atoms with Crippen molar-refractivity contribution in [2.24, 2.45) is 0 Å². The first-order valence-corrected chi connectivity index (χ1v) is 7.97. The molecule has 0 spiro atoms. The fraction of sp³-hybridized carbons (Fsp3) is 0.412. The van der Waals surface area contributed by atoms with Gasteiger partial charge >= 0.3 is 6.18 Å². The van der Waals surface area contributed by atoms with Crippen LogP contribution in [0.5, 0.6) is 0 Å². The van der Waals surface area contributed by atoms with Crippen LogP contribution in [0, 0.1) is 6.92 Å². The molecule has 0 fully saturated rings. The fourth-order valence-electron chi connectivity index (χ4n) is 2.64. The second-order valence-electron chi connectivity index (χ2n) is 5.76. The molecule has 1 aromatic heterocycles. The van der Waals surface area contributed by atoms with Gasteiger partial charge in [-0.1, -0.05) is 30.3 Å². The largest absolute Gasteiger partial charge is 0.434 e. The maximum absolute atomic E-state index is 12.9. The Morgan fingerprint density at radius 2 is 1.92 bits per heavy atom. The summed E-state index contributed by atoms with van der Waals surface area (Å²) in [6.45, 7) is 0.581. The van der Waals surface area contributed by atoms with Gasteiger partial charge in [0.2, 0.25) is 5.91 Å². The summed E-state index contributed by atoms with van der Waals surface area (Å²) < 4.78 is 39.7. The van der Waals surface area contributed by atoms with Crippen molar-refractivity contribution in [3.8, 4) is 0 Å². The molecule has 0 saturated heterocycles. The van der Waals surface area contributed by atoms with E-state index in [4.69, 9.17) is 0 Å². The number of halogens is 3. The Balaban J connectivity index is 2.26. The first-order valence-electron chi connectivity index (χ1n) is 7.97. The Bertz CT molecular complexity index is 732. The number of aliphatic hydroxyl groups excluding tert-OH is 2. The quantitative estimate of drug-likeness (QED) is 0.695. The molecule has 2 atom stereocenters. The van der Waals surface area contributed by atoms with Gasteiger partial charge in [-0.2, -0.15) is 13.2 Å². The Morgan fingerprint density at radius 3 is 2.42 bits per heavy atom. The lowest BCUT2D eigenvalue weighted by atomic mass is 10.1. The van der Waals surface area contributed by atoms with Gasteiger partial charge in [0.25, 0.3) is 0 Å². The first kappa shape index (κ1) is 19.9. The maximum atomic E-state index is 12.9. The third kappa shape index (κ3) is 4.61. The topological polar surface area (TPSA) is 87.4 Å². The zero-order valence-corrected chi connectivity index (χ0v) is 14.1. The van der Waals surface area contributed by atoms with Crippen molar-refractivity contribution in [3.05, 3.63) is 53.6 Å². The van der Waals surface area contributed by atoms with E-state index in [0.717, 1.165) is 10.8 Å². The number of aromatic nitrogens is 2. The minimum absolute atomic E-state index is 0.00573. The lowest BCUT2D eigenvalue weighted by Gasteiger charge is -2.23. The summed E-state index contributed by atoms with van der Waals surface area (Å²) in [6, 6.07) is 6.90. The van der Waals surface area contributed by atoms with Crippen LogP contribution in [-0.4, -0.2) is 38.9 Å². The second kappa shape index (κ2) is 8.33. The van der Waals surface area contributed by atoms with Crippen molar-refractivity contribution in [2.75, 3.05) is 13.2 Å². The minimum Gasteiger partial charge on any atom is -0.396 e. The first-order chi connectivity index (χ1) is 12.3. The number of carbonyl (C=O) groups is 1. The molecule has 6 nitrogen and oxygen atoms in total. The Hall–Kier alpha value is -2.39. The van der Waals surface area contributed by atoms with E-state index in [0.29, 0.717) is 5.56 Å². The maximum Gasteiger partial charge on any atom is 0.434 e. The van der Waals surface area contributed by atoms with Crippen molar-refractivity contribution < 1.29 is 28.2 Å². The fourth-order valence-corrected chi connectivity index (χ4v) is 2.64. The number of hydrogen-bond acceptors (Lipinski definition) is 4. The molecule has 1 heterocycles. The predicted molar refractivity (Wildman–Crippen MR) is 87.1 cm³/mol. The minimum atomic E-state index is -4.63. The number of aliphatic hydroxyl groups is 2. The molecule has 9 heteroatoms. The van der Waals surface area contributed by atoms with Crippen LogP contribution in [0.3, 0.4) is 0 Å². The zero-order valence-electron chi connectivity index (χ0n) is 14.1. The molecule has 0 bridgehead atoms. The van der Waals surface area contributed by atoms with Crippen molar-refractivity contribution in [1.29, 1.82) is 0 Å². The molecule has 0 aliphatic rings. The molecule has 0 unspecified atom stereocenters. The highest BCUT2D eigenvalue weighted by atomic mass is 19.4. The van der Waals surface area contributed by atoms with Crippen LogP contribution in [0.4, 0.5) is 13.2 Å².